The summed E-state index contributed by atoms with van der Waals surface area (Å²) in [5, 5.41) is 7.75. The number of benzene rings is 1. The van der Waals surface area contributed by atoms with Gasteiger partial charge in [0.15, 0.2) is 0 Å². The number of hydrogen-bond donors (Lipinski definition) is 1. The maximum absolute atomic E-state index is 5.59. The molecule has 1 aromatic carbocycles. The van der Waals surface area contributed by atoms with Gasteiger partial charge in [-0.15, -0.1) is 0 Å². The Morgan fingerprint density at radius 1 is 1.26 bits per heavy atom. The van der Waals surface area contributed by atoms with E-state index in [4.69, 9.17) is 4.74 Å². The Morgan fingerprint density at radius 3 is 2.53 bits per heavy atom. The van der Waals surface area contributed by atoms with Gasteiger partial charge in [0.05, 0.1) is 18.3 Å². The molecule has 0 saturated carbocycles. The second-order valence-corrected chi connectivity index (χ2v) is 4.55. The maximum atomic E-state index is 5.59. The third-order valence-electron chi connectivity index (χ3n) is 3.00. The van der Waals surface area contributed by atoms with E-state index in [2.05, 4.69) is 29.5 Å². The Bertz CT molecular complexity index is 504. The minimum absolute atomic E-state index is 0.112. The van der Waals surface area contributed by atoms with Crippen molar-refractivity contribution in [3.8, 4) is 5.75 Å². The highest BCUT2D eigenvalue weighted by Gasteiger charge is 2.14. The summed E-state index contributed by atoms with van der Waals surface area (Å²) in [7, 11) is 3.87. The number of hydrogen-bond acceptors (Lipinski definition) is 3. The van der Waals surface area contributed by atoms with Gasteiger partial charge in [-0.25, -0.2) is 0 Å². The van der Waals surface area contributed by atoms with Crippen molar-refractivity contribution < 1.29 is 4.74 Å². The molecule has 0 aliphatic carbocycles. The van der Waals surface area contributed by atoms with Crippen LogP contribution in [0.25, 0.3) is 0 Å². The van der Waals surface area contributed by atoms with Crippen LogP contribution in [-0.2, 0) is 7.05 Å². The summed E-state index contributed by atoms with van der Waals surface area (Å²) < 4.78 is 7.41. The van der Waals surface area contributed by atoms with E-state index in [9.17, 15) is 0 Å². The van der Waals surface area contributed by atoms with Gasteiger partial charge in [0.2, 0.25) is 0 Å². The summed E-state index contributed by atoms with van der Waals surface area (Å²) in [5.41, 5.74) is 2.21. The molecule has 2 rings (SSSR count). The van der Waals surface area contributed by atoms with Gasteiger partial charge in [-0.05, 0) is 37.2 Å². The van der Waals surface area contributed by atoms with Crippen LogP contribution in [0.5, 0.6) is 5.75 Å². The quantitative estimate of drug-likeness (QED) is 0.866. The molecule has 0 radical (unpaired) electrons. The molecule has 2 aromatic rings. The van der Waals surface area contributed by atoms with Crippen molar-refractivity contribution in [2.75, 3.05) is 13.7 Å². The monoisotopic (exact) mass is 259 g/mol. The Morgan fingerprint density at radius 2 is 2.00 bits per heavy atom. The first-order valence-corrected chi connectivity index (χ1v) is 6.64. The van der Waals surface area contributed by atoms with Gasteiger partial charge in [0.1, 0.15) is 5.75 Å². The van der Waals surface area contributed by atoms with E-state index >= 15 is 0 Å². The molecule has 0 saturated heterocycles. The molecule has 0 fully saturated rings. The lowest BCUT2D eigenvalue weighted by Crippen LogP contribution is -2.18. The summed E-state index contributed by atoms with van der Waals surface area (Å²) in [4.78, 5) is 0. The normalized spacial score (nSPS) is 12.4. The molecule has 0 aliphatic heterocycles. The molecular formula is C15H21N3O. The minimum atomic E-state index is 0.112. The van der Waals surface area contributed by atoms with Crippen molar-refractivity contribution in [1.82, 2.24) is 15.1 Å². The Kier molecular flexibility index (Phi) is 4.58. The van der Waals surface area contributed by atoms with E-state index in [1.165, 1.54) is 5.56 Å². The molecule has 0 bridgehead atoms. The zero-order chi connectivity index (χ0) is 13.7. The second kappa shape index (κ2) is 6.38. The first-order valence-electron chi connectivity index (χ1n) is 6.64. The number of ether oxygens (including phenoxy) is 1. The summed E-state index contributed by atoms with van der Waals surface area (Å²) in [6, 6.07) is 10.3. The largest absolute Gasteiger partial charge is 0.494 e. The van der Waals surface area contributed by atoms with Crippen molar-refractivity contribution in [3.05, 3.63) is 47.8 Å². The topological polar surface area (TPSA) is 39.1 Å². The summed E-state index contributed by atoms with van der Waals surface area (Å²) >= 11 is 0. The third-order valence-corrected chi connectivity index (χ3v) is 3.00. The zero-order valence-electron chi connectivity index (χ0n) is 11.8. The fourth-order valence-electron chi connectivity index (χ4n) is 2.05. The van der Waals surface area contributed by atoms with Gasteiger partial charge in [-0.2, -0.15) is 5.10 Å². The van der Waals surface area contributed by atoms with Crippen molar-refractivity contribution in [2.24, 2.45) is 7.05 Å². The molecule has 0 aliphatic rings. The van der Waals surface area contributed by atoms with E-state index in [0.717, 1.165) is 24.5 Å². The smallest absolute Gasteiger partial charge is 0.119 e. The van der Waals surface area contributed by atoms with Crippen LogP contribution in [0.3, 0.4) is 0 Å². The van der Waals surface area contributed by atoms with Gasteiger partial charge >= 0.3 is 0 Å². The van der Waals surface area contributed by atoms with Crippen LogP contribution in [0.1, 0.15) is 30.6 Å². The SMILES string of the molecule is CCCOc1ccc(C(NC)c2ccn(C)n2)cc1. The van der Waals surface area contributed by atoms with Crippen LogP contribution in [-0.4, -0.2) is 23.4 Å². The van der Waals surface area contributed by atoms with E-state index in [1.54, 1.807) is 0 Å². The Balaban J connectivity index is 2.15. The molecule has 0 amide bonds. The Labute approximate surface area is 114 Å². The standard InChI is InChI=1S/C15H21N3O/c1-4-11-19-13-7-5-12(6-8-13)15(16-2)14-9-10-18(3)17-14/h5-10,15-16H,4,11H2,1-3H3. The average molecular weight is 259 g/mol. The molecule has 102 valence electrons. The summed E-state index contributed by atoms with van der Waals surface area (Å²) in [6.07, 6.45) is 2.98. The lowest BCUT2D eigenvalue weighted by Gasteiger charge is -2.15. The number of nitrogens with zero attached hydrogens (tertiary/aromatic N) is 2. The van der Waals surface area contributed by atoms with Crippen LogP contribution in [0.15, 0.2) is 36.5 Å². The highest BCUT2D eigenvalue weighted by molar-refractivity contribution is 5.33. The second-order valence-electron chi connectivity index (χ2n) is 4.55. The van der Waals surface area contributed by atoms with Crippen molar-refractivity contribution >= 4 is 0 Å². The van der Waals surface area contributed by atoms with Gasteiger partial charge in [0, 0.05) is 13.2 Å². The maximum Gasteiger partial charge on any atom is 0.119 e. The fourth-order valence-corrected chi connectivity index (χ4v) is 2.05. The number of aryl methyl sites for hydroxylation is 1. The highest BCUT2D eigenvalue weighted by atomic mass is 16.5. The van der Waals surface area contributed by atoms with E-state index < -0.39 is 0 Å². The number of aromatic nitrogens is 2. The Hall–Kier alpha value is -1.81. The van der Waals surface area contributed by atoms with Crippen LogP contribution in [0.2, 0.25) is 0 Å². The summed E-state index contributed by atoms with van der Waals surface area (Å²) in [5.74, 6) is 0.918. The van der Waals surface area contributed by atoms with Gasteiger partial charge in [-0.1, -0.05) is 19.1 Å². The van der Waals surface area contributed by atoms with Crippen molar-refractivity contribution in [1.29, 1.82) is 0 Å². The van der Waals surface area contributed by atoms with E-state index in [1.807, 2.05) is 43.2 Å². The first kappa shape index (κ1) is 13.6. The molecule has 1 N–H and O–H groups in total. The summed E-state index contributed by atoms with van der Waals surface area (Å²) in [6.45, 7) is 2.86. The van der Waals surface area contributed by atoms with Gasteiger partial charge in [-0.3, -0.25) is 4.68 Å². The predicted molar refractivity (Wildman–Crippen MR) is 76.3 cm³/mol. The van der Waals surface area contributed by atoms with Crippen LogP contribution < -0.4 is 10.1 Å². The molecule has 1 aromatic heterocycles. The molecule has 19 heavy (non-hydrogen) atoms. The molecule has 1 unspecified atom stereocenters. The molecule has 0 spiro atoms. The lowest BCUT2D eigenvalue weighted by atomic mass is 10.0. The average Bonchev–Trinajstić information content (AvgIpc) is 2.85. The van der Waals surface area contributed by atoms with Crippen molar-refractivity contribution in [2.45, 2.75) is 19.4 Å². The number of rotatable bonds is 6. The molecule has 1 atom stereocenters. The molecule has 4 nitrogen and oxygen atoms in total. The number of nitrogens with one attached hydrogen (secondary N) is 1. The van der Waals surface area contributed by atoms with E-state index in [0.29, 0.717) is 0 Å². The van der Waals surface area contributed by atoms with Crippen LogP contribution >= 0.6 is 0 Å². The highest BCUT2D eigenvalue weighted by Crippen LogP contribution is 2.22. The minimum Gasteiger partial charge on any atom is -0.494 e. The fraction of sp³-hybridized carbons (Fsp3) is 0.400. The van der Waals surface area contributed by atoms with Crippen molar-refractivity contribution in [3.63, 3.8) is 0 Å². The van der Waals surface area contributed by atoms with E-state index in [-0.39, 0.29) is 6.04 Å². The molecule has 4 heteroatoms. The van der Waals surface area contributed by atoms with Gasteiger partial charge < -0.3 is 10.1 Å². The lowest BCUT2D eigenvalue weighted by molar-refractivity contribution is 0.317. The van der Waals surface area contributed by atoms with Gasteiger partial charge in [0.25, 0.3) is 0 Å². The predicted octanol–water partition coefficient (Wildman–Crippen LogP) is 2.52. The third kappa shape index (κ3) is 3.35. The molecule has 1 heterocycles. The first-order chi connectivity index (χ1) is 9.24. The zero-order valence-corrected chi connectivity index (χ0v) is 11.8. The van der Waals surface area contributed by atoms with Crippen LogP contribution in [0, 0.1) is 0 Å². The van der Waals surface area contributed by atoms with Crippen LogP contribution in [0.4, 0.5) is 0 Å². The molecular weight excluding hydrogens is 238 g/mol.